The monoisotopic (exact) mass is 272 g/mol. The first kappa shape index (κ1) is 15.7. The summed E-state index contributed by atoms with van der Waals surface area (Å²) in [6, 6.07) is 0. The van der Waals surface area contributed by atoms with E-state index in [2.05, 4.69) is 6.58 Å². The fourth-order valence-electron chi connectivity index (χ4n) is 1.86. The lowest BCUT2D eigenvalue weighted by Crippen LogP contribution is -2.41. The van der Waals surface area contributed by atoms with E-state index in [-0.39, 0.29) is 30.8 Å². The van der Waals surface area contributed by atoms with Gasteiger partial charge < -0.3 is 18.9 Å². The second-order valence-electron chi connectivity index (χ2n) is 4.32. The van der Waals surface area contributed by atoms with E-state index >= 15 is 0 Å². The first-order chi connectivity index (χ1) is 9.01. The molecule has 0 amide bonds. The molecule has 0 N–H and O–H groups in total. The van der Waals surface area contributed by atoms with Gasteiger partial charge in [-0.25, -0.2) is 0 Å². The van der Waals surface area contributed by atoms with Crippen molar-refractivity contribution in [3.63, 3.8) is 0 Å². The van der Waals surface area contributed by atoms with E-state index in [0.29, 0.717) is 19.4 Å². The molecule has 0 aliphatic carbocycles. The summed E-state index contributed by atoms with van der Waals surface area (Å²) in [6.45, 7) is 6.72. The quantitative estimate of drug-likeness (QED) is 0.534. The molecule has 6 heteroatoms. The van der Waals surface area contributed by atoms with Gasteiger partial charge in [-0.2, -0.15) is 0 Å². The molecule has 1 aliphatic heterocycles. The van der Waals surface area contributed by atoms with Crippen molar-refractivity contribution in [2.24, 2.45) is 0 Å². The van der Waals surface area contributed by atoms with Crippen LogP contribution in [0.25, 0.3) is 0 Å². The lowest BCUT2D eigenvalue weighted by atomic mass is 10.1. The molecular formula is C13H20O6. The van der Waals surface area contributed by atoms with Crippen LogP contribution >= 0.6 is 0 Å². The van der Waals surface area contributed by atoms with Crippen LogP contribution in [0.1, 0.15) is 26.7 Å². The maximum atomic E-state index is 11.0. The summed E-state index contributed by atoms with van der Waals surface area (Å²) in [4.78, 5) is 21.8. The van der Waals surface area contributed by atoms with Crippen LogP contribution < -0.4 is 0 Å². The fraction of sp³-hybridized carbons (Fsp3) is 0.692. The molecule has 0 aromatic rings. The van der Waals surface area contributed by atoms with Gasteiger partial charge in [0.1, 0.15) is 12.7 Å². The zero-order valence-corrected chi connectivity index (χ0v) is 11.3. The Bertz CT molecular complexity index is 327. The van der Waals surface area contributed by atoms with E-state index in [0.717, 1.165) is 0 Å². The van der Waals surface area contributed by atoms with Gasteiger partial charge in [-0.15, -0.1) is 6.58 Å². The normalized spacial score (nSPS) is 26.5. The molecule has 0 bridgehead atoms. The fourth-order valence-corrected chi connectivity index (χ4v) is 1.86. The smallest absolute Gasteiger partial charge is 0.302 e. The van der Waals surface area contributed by atoms with Crippen LogP contribution in [0, 0.1) is 0 Å². The summed E-state index contributed by atoms with van der Waals surface area (Å²) in [6.07, 6.45) is 1.44. The molecule has 1 rings (SSSR count). The van der Waals surface area contributed by atoms with Crippen LogP contribution in [0.4, 0.5) is 0 Å². The maximum Gasteiger partial charge on any atom is 0.302 e. The summed E-state index contributed by atoms with van der Waals surface area (Å²) < 4.78 is 21.1. The molecule has 1 aliphatic rings. The summed E-state index contributed by atoms with van der Waals surface area (Å²) >= 11 is 0. The maximum absolute atomic E-state index is 11.0. The topological polar surface area (TPSA) is 71.1 Å². The second kappa shape index (κ2) is 7.91. The van der Waals surface area contributed by atoms with Crippen LogP contribution in [-0.2, 0) is 28.5 Å². The SMILES string of the molecule is C=CCOC1CC(OC(C)=O)CC(COC(C)=O)O1. The number of carbonyl (C=O) groups is 2. The van der Waals surface area contributed by atoms with Crippen molar-refractivity contribution in [1.82, 2.24) is 0 Å². The Hall–Kier alpha value is -1.40. The van der Waals surface area contributed by atoms with Crippen molar-refractivity contribution in [3.8, 4) is 0 Å². The van der Waals surface area contributed by atoms with E-state index in [1.165, 1.54) is 13.8 Å². The Morgan fingerprint density at radius 1 is 1.32 bits per heavy atom. The Balaban J connectivity index is 2.52. The third-order valence-corrected chi connectivity index (χ3v) is 2.53. The van der Waals surface area contributed by atoms with Gasteiger partial charge in [0, 0.05) is 26.7 Å². The van der Waals surface area contributed by atoms with Crippen molar-refractivity contribution < 1.29 is 28.5 Å². The molecule has 0 aromatic carbocycles. The van der Waals surface area contributed by atoms with Crippen molar-refractivity contribution in [3.05, 3.63) is 12.7 Å². The van der Waals surface area contributed by atoms with Gasteiger partial charge in [-0.3, -0.25) is 9.59 Å². The zero-order valence-electron chi connectivity index (χ0n) is 11.3. The molecule has 3 atom stereocenters. The first-order valence-electron chi connectivity index (χ1n) is 6.19. The standard InChI is InChI=1S/C13H20O6/c1-4-5-16-13-7-11(18-10(3)15)6-12(19-13)8-17-9(2)14/h4,11-13H,1,5-8H2,2-3H3. The third-order valence-electron chi connectivity index (χ3n) is 2.53. The average molecular weight is 272 g/mol. The highest BCUT2D eigenvalue weighted by molar-refractivity contribution is 5.66. The lowest BCUT2D eigenvalue weighted by molar-refractivity contribution is -0.225. The van der Waals surface area contributed by atoms with Gasteiger partial charge in [0.25, 0.3) is 0 Å². The highest BCUT2D eigenvalue weighted by Crippen LogP contribution is 2.23. The van der Waals surface area contributed by atoms with Gasteiger partial charge in [0.2, 0.25) is 0 Å². The predicted molar refractivity (Wildman–Crippen MR) is 66.2 cm³/mol. The molecule has 0 aromatic heterocycles. The molecule has 6 nitrogen and oxygen atoms in total. The second-order valence-corrected chi connectivity index (χ2v) is 4.32. The number of carbonyl (C=O) groups excluding carboxylic acids is 2. The zero-order chi connectivity index (χ0) is 14.3. The van der Waals surface area contributed by atoms with Crippen molar-refractivity contribution in [1.29, 1.82) is 0 Å². The highest BCUT2D eigenvalue weighted by Gasteiger charge is 2.32. The molecule has 0 spiro atoms. The van der Waals surface area contributed by atoms with Crippen molar-refractivity contribution in [2.45, 2.75) is 45.2 Å². The van der Waals surface area contributed by atoms with E-state index < -0.39 is 6.29 Å². The van der Waals surface area contributed by atoms with E-state index in [1.54, 1.807) is 6.08 Å². The van der Waals surface area contributed by atoms with Gasteiger partial charge >= 0.3 is 11.9 Å². The third kappa shape index (κ3) is 6.35. The van der Waals surface area contributed by atoms with E-state index in [9.17, 15) is 9.59 Å². The molecule has 1 heterocycles. The molecule has 1 saturated heterocycles. The predicted octanol–water partition coefficient (Wildman–Crippen LogP) is 1.19. The molecule has 0 saturated carbocycles. The molecule has 0 radical (unpaired) electrons. The lowest BCUT2D eigenvalue weighted by Gasteiger charge is -2.34. The van der Waals surface area contributed by atoms with Gasteiger partial charge in [-0.05, 0) is 0 Å². The minimum absolute atomic E-state index is 0.126. The Morgan fingerprint density at radius 2 is 2.05 bits per heavy atom. The van der Waals surface area contributed by atoms with Crippen LogP contribution in [0.15, 0.2) is 12.7 Å². The summed E-state index contributed by atoms with van der Waals surface area (Å²) in [7, 11) is 0. The van der Waals surface area contributed by atoms with Crippen molar-refractivity contribution >= 4 is 11.9 Å². The van der Waals surface area contributed by atoms with Crippen LogP contribution in [0.3, 0.4) is 0 Å². The highest BCUT2D eigenvalue weighted by atomic mass is 16.7. The number of rotatable bonds is 6. The summed E-state index contributed by atoms with van der Waals surface area (Å²) in [5.41, 5.74) is 0. The Kier molecular flexibility index (Phi) is 6.52. The van der Waals surface area contributed by atoms with Gasteiger partial charge in [0.15, 0.2) is 6.29 Å². The van der Waals surface area contributed by atoms with Crippen molar-refractivity contribution in [2.75, 3.05) is 13.2 Å². The minimum Gasteiger partial charge on any atom is -0.463 e. The van der Waals surface area contributed by atoms with Gasteiger partial charge in [0.05, 0.1) is 12.7 Å². The summed E-state index contributed by atoms with van der Waals surface area (Å²) in [5, 5.41) is 0. The van der Waals surface area contributed by atoms with Crippen LogP contribution in [0.2, 0.25) is 0 Å². The minimum atomic E-state index is -0.489. The average Bonchev–Trinajstić information content (AvgIpc) is 2.33. The molecule has 1 fully saturated rings. The number of hydrogen-bond acceptors (Lipinski definition) is 6. The van der Waals surface area contributed by atoms with Gasteiger partial charge in [-0.1, -0.05) is 6.08 Å². The number of esters is 2. The molecule has 19 heavy (non-hydrogen) atoms. The van der Waals surface area contributed by atoms with Crippen LogP contribution in [-0.4, -0.2) is 43.7 Å². The Morgan fingerprint density at radius 3 is 2.63 bits per heavy atom. The molecular weight excluding hydrogens is 252 g/mol. The molecule has 108 valence electrons. The number of ether oxygens (including phenoxy) is 4. The largest absolute Gasteiger partial charge is 0.463 e. The van der Waals surface area contributed by atoms with E-state index in [4.69, 9.17) is 18.9 Å². The number of hydrogen-bond donors (Lipinski definition) is 0. The van der Waals surface area contributed by atoms with E-state index in [1.807, 2.05) is 0 Å². The Labute approximate surface area is 112 Å². The van der Waals surface area contributed by atoms with Crippen LogP contribution in [0.5, 0.6) is 0 Å². The summed E-state index contributed by atoms with van der Waals surface area (Å²) in [5.74, 6) is -0.720. The molecule has 3 unspecified atom stereocenters. The first-order valence-corrected chi connectivity index (χ1v) is 6.19.